The van der Waals surface area contributed by atoms with Crippen molar-refractivity contribution >= 4 is 33.7 Å². The smallest absolute Gasteiger partial charge is 0.321 e. The van der Waals surface area contributed by atoms with Crippen LogP contribution in [-0.4, -0.2) is 40.1 Å². The highest BCUT2D eigenvalue weighted by atomic mass is 32.2. The lowest BCUT2D eigenvalue weighted by atomic mass is 10.2. The fourth-order valence-corrected chi connectivity index (χ4v) is 3.04. The van der Waals surface area contributed by atoms with E-state index in [-0.39, 0.29) is 0 Å². The van der Waals surface area contributed by atoms with E-state index in [1.807, 2.05) is 26.0 Å². The van der Waals surface area contributed by atoms with Gasteiger partial charge in [0.15, 0.2) is 6.61 Å². The molecule has 0 spiro atoms. The minimum absolute atomic E-state index is 0.431. The van der Waals surface area contributed by atoms with Gasteiger partial charge in [0.1, 0.15) is 12.3 Å². The van der Waals surface area contributed by atoms with E-state index in [0.29, 0.717) is 23.6 Å². The van der Waals surface area contributed by atoms with E-state index in [1.54, 1.807) is 36.4 Å². The molecule has 2 aromatic carbocycles. The lowest BCUT2D eigenvalue weighted by molar-refractivity contribution is -0.146. The molecule has 9 heteroatoms. The Labute approximate surface area is 175 Å². The van der Waals surface area contributed by atoms with Gasteiger partial charge in [-0.15, -0.1) is 0 Å². The second-order valence-corrected chi connectivity index (χ2v) is 7.87. The van der Waals surface area contributed by atoms with Gasteiger partial charge in [0, 0.05) is 5.41 Å². The molecule has 0 unspecified atom stereocenters. The molecular formula is C21H24N2O6S. The Morgan fingerprint density at radius 2 is 1.77 bits per heavy atom. The van der Waals surface area contributed by atoms with Gasteiger partial charge in [-0.1, -0.05) is 42.0 Å². The summed E-state index contributed by atoms with van der Waals surface area (Å²) in [7, 11) is -3.83. The van der Waals surface area contributed by atoms with Crippen molar-refractivity contribution in [2.24, 2.45) is 0 Å². The number of carbonyl (C=O) groups is 2. The number of para-hydroxylation sites is 2. The fourth-order valence-electron chi connectivity index (χ4n) is 2.29. The van der Waals surface area contributed by atoms with Crippen molar-refractivity contribution in [3.8, 4) is 5.75 Å². The first-order chi connectivity index (χ1) is 14.3. The van der Waals surface area contributed by atoms with Gasteiger partial charge in [-0.05, 0) is 37.6 Å². The molecule has 2 aromatic rings. The van der Waals surface area contributed by atoms with Gasteiger partial charge in [0.25, 0.3) is 5.91 Å². The molecule has 160 valence electrons. The molecule has 1 amide bonds. The molecule has 0 aliphatic carbocycles. The average molecular weight is 432 g/mol. The molecule has 0 aliphatic heterocycles. The van der Waals surface area contributed by atoms with Crippen LogP contribution in [0.1, 0.15) is 18.1 Å². The molecule has 0 aromatic heterocycles. The molecule has 0 saturated heterocycles. The summed E-state index contributed by atoms with van der Waals surface area (Å²) in [6, 6.07) is 14.1. The maximum atomic E-state index is 12.0. The molecule has 2 rings (SSSR count). The molecular weight excluding hydrogens is 408 g/mol. The topological polar surface area (TPSA) is 111 Å². The Balaban J connectivity index is 1.78. The highest BCUT2D eigenvalue weighted by molar-refractivity contribution is 7.92. The van der Waals surface area contributed by atoms with Crippen LogP contribution in [0.3, 0.4) is 0 Å². The molecule has 0 fully saturated rings. The van der Waals surface area contributed by atoms with Crippen LogP contribution < -0.4 is 14.8 Å². The third kappa shape index (κ3) is 8.06. The number of sulfonamides is 1. The van der Waals surface area contributed by atoms with Gasteiger partial charge in [-0.2, -0.15) is 0 Å². The lowest BCUT2D eigenvalue weighted by Gasteiger charge is -2.11. The Hall–Kier alpha value is -3.17. The number of benzene rings is 2. The number of carbonyl (C=O) groups excluding carboxylic acids is 2. The summed E-state index contributed by atoms with van der Waals surface area (Å²) < 4.78 is 36.2. The predicted octanol–water partition coefficient (Wildman–Crippen LogP) is 2.47. The predicted molar refractivity (Wildman–Crippen MR) is 114 cm³/mol. The Morgan fingerprint density at radius 3 is 2.47 bits per heavy atom. The summed E-state index contributed by atoms with van der Waals surface area (Å²) >= 11 is 0. The van der Waals surface area contributed by atoms with Gasteiger partial charge in [-0.3, -0.25) is 9.59 Å². The monoisotopic (exact) mass is 432 g/mol. The van der Waals surface area contributed by atoms with E-state index in [1.165, 1.54) is 6.08 Å². The Morgan fingerprint density at radius 1 is 1.07 bits per heavy atom. The van der Waals surface area contributed by atoms with Crippen molar-refractivity contribution in [1.29, 1.82) is 0 Å². The van der Waals surface area contributed by atoms with Gasteiger partial charge >= 0.3 is 5.97 Å². The van der Waals surface area contributed by atoms with E-state index in [9.17, 15) is 18.0 Å². The third-order valence-corrected chi connectivity index (χ3v) is 4.80. The summed E-state index contributed by atoms with van der Waals surface area (Å²) in [6.45, 7) is 3.02. The number of nitrogens with one attached hydrogen (secondary N) is 2. The highest BCUT2D eigenvalue weighted by Gasteiger charge is 2.13. The van der Waals surface area contributed by atoms with Crippen LogP contribution >= 0.6 is 0 Å². The largest absolute Gasteiger partial charge is 0.492 e. The molecule has 0 aliphatic rings. The molecule has 0 radical (unpaired) electrons. The van der Waals surface area contributed by atoms with Crippen LogP contribution in [0, 0.1) is 6.92 Å². The summed E-state index contributed by atoms with van der Waals surface area (Å²) in [5, 5.41) is 3.54. The first-order valence-corrected chi connectivity index (χ1v) is 10.8. The number of aryl methyl sites for hydroxylation is 1. The van der Waals surface area contributed by atoms with E-state index in [0.717, 1.165) is 11.0 Å². The standard InChI is InChI=1S/C21H24N2O6S/c1-3-28-19-7-5-4-6-18(19)23-20(24)15-29-21(25)14-22-30(26,27)13-12-17-10-8-16(2)9-11-17/h4-13,22H,3,14-15H2,1-2H3,(H,23,24)/b13-12+. The zero-order valence-electron chi connectivity index (χ0n) is 16.8. The Bertz CT molecular complexity index is 1000. The van der Waals surface area contributed by atoms with E-state index in [2.05, 4.69) is 10.0 Å². The minimum atomic E-state index is -3.83. The second kappa shape index (κ2) is 11.1. The normalized spacial score (nSPS) is 11.3. The van der Waals surface area contributed by atoms with Gasteiger partial charge in [-0.25, -0.2) is 13.1 Å². The van der Waals surface area contributed by atoms with Crippen molar-refractivity contribution < 1.29 is 27.5 Å². The van der Waals surface area contributed by atoms with Crippen molar-refractivity contribution in [3.63, 3.8) is 0 Å². The van der Waals surface area contributed by atoms with Crippen LogP contribution in [0.25, 0.3) is 6.08 Å². The first kappa shape index (κ1) is 23.1. The summed E-state index contributed by atoms with van der Waals surface area (Å²) in [5.41, 5.74) is 2.21. The molecule has 2 N–H and O–H groups in total. The zero-order valence-corrected chi connectivity index (χ0v) is 17.6. The van der Waals surface area contributed by atoms with Crippen molar-refractivity contribution in [2.75, 3.05) is 25.1 Å². The summed E-state index contributed by atoms with van der Waals surface area (Å²) in [5.74, 6) is -0.957. The number of anilines is 1. The first-order valence-electron chi connectivity index (χ1n) is 9.21. The molecule has 0 bridgehead atoms. The van der Waals surface area contributed by atoms with Crippen molar-refractivity contribution in [2.45, 2.75) is 13.8 Å². The quantitative estimate of drug-likeness (QED) is 0.558. The van der Waals surface area contributed by atoms with Crippen molar-refractivity contribution in [1.82, 2.24) is 4.72 Å². The second-order valence-electron chi connectivity index (χ2n) is 6.22. The highest BCUT2D eigenvalue weighted by Crippen LogP contribution is 2.23. The third-order valence-electron chi connectivity index (χ3n) is 3.76. The lowest BCUT2D eigenvalue weighted by Crippen LogP contribution is -2.31. The fraction of sp³-hybridized carbons (Fsp3) is 0.238. The maximum absolute atomic E-state index is 12.0. The number of rotatable bonds is 10. The molecule has 0 heterocycles. The van der Waals surface area contributed by atoms with E-state index in [4.69, 9.17) is 9.47 Å². The van der Waals surface area contributed by atoms with Gasteiger partial charge in [0.2, 0.25) is 10.0 Å². The summed E-state index contributed by atoms with van der Waals surface area (Å²) in [4.78, 5) is 23.7. The van der Waals surface area contributed by atoms with Crippen LogP contribution in [0.4, 0.5) is 5.69 Å². The minimum Gasteiger partial charge on any atom is -0.492 e. The zero-order chi connectivity index (χ0) is 22.0. The Kier molecular flexibility index (Phi) is 8.57. The van der Waals surface area contributed by atoms with Gasteiger partial charge < -0.3 is 14.8 Å². The van der Waals surface area contributed by atoms with Crippen molar-refractivity contribution in [3.05, 3.63) is 65.1 Å². The van der Waals surface area contributed by atoms with Crippen LogP contribution in [0.5, 0.6) is 5.75 Å². The number of esters is 1. The molecule has 30 heavy (non-hydrogen) atoms. The average Bonchev–Trinajstić information content (AvgIpc) is 2.72. The maximum Gasteiger partial charge on any atom is 0.321 e. The SMILES string of the molecule is CCOc1ccccc1NC(=O)COC(=O)CNS(=O)(=O)/C=C/c1ccc(C)cc1. The summed E-state index contributed by atoms with van der Waals surface area (Å²) in [6.07, 6.45) is 1.41. The number of amides is 1. The van der Waals surface area contributed by atoms with Crippen LogP contribution in [0.2, 0.25) is 0 Å². The number of hydrogen-bond acceptors (Lipinski definition) is 6. The molecule has 8 nitrogen and oxygen atoms in total. The number of hydrogen-bond donors (Lipinski definition) is 2. The number of ether oxygens (including phenoxy) is 2. The van der Waals surface area contributed by atoms with E-state index < -0.39 is 35.1 Å². The van der Waals surface area contributed by atoms with E-state index >= 15 is 0 Å². The van der Waals surface area contributed by atoms with Gasteiger partial charge in [0.05, 0.1) is 12.3 Å². The molecule has 0 atom stereocenters. The van der Waals surface area contributed by atoms with Crippen LogP contribution in [0.15, 0.2) is 53.9 Å². The molecule has 0 saturated carbocycles. The van der Waals surface area contributed by atoms with Crippen LogP contribution in [-0.2, 0) is 24.3 Å².